The smallest absolute Gasteiger partial charge is 0.228 e. The number of carbonyl (C=O) groups excluding carboxylic acids is 1. The fraction of sp³-hybridized carbons (Fsp3) is 0.0588. The molecule has 0 spiro atoms. The van der Waals surface area contributed by atoms with E-state index < -0.39 is 0 Å². The van der Waals surface area contributed by atoms with E-state index in [1.54, 1.807) is 24.3 Å². The first-order valence-electron chi connectivity index (χ1n) is 6.33. The minimum Gasteiger partial charge on any atom is -0.452 e. The van der Waals surface area contributed by atoms with Gasteiger partial charge in [0.1, 0.15) is 5.58 Å². The third-order valence-electron chi connectivity index (χ3n) is 3.36. The second-order valence-electron chi connectivity index (χ2n) is 4.72. The molecular formula is C17H10BrNO2. The van der Waals surface area contributed by atoms with Crippen LogP contribution in [0.1, 0.15) is 27.2 Å². The summed E-state index contributed by atoms with van der Waals surface area (Å²) in [5.41, 5.74) is 2.39. The number of hydrogen-bond donors (Lipinski definition) is 0. The van der Waals surface area contributed by atoms with Gasteiger partial charge in [-0.2, -0.15) is 5.26 Å². The minimum absolute atomic E-state index is 0.211. The fourth-order valence-electron chi connectivity index (χ4n) is 2.27. The molecule has 3 aromatic rings. The van der Waals surface area contributed by atoms with Crippen molar-refractivity contribution >= 4 is 32.7 Å². The molecular weight excluding hydrogens is 330 g/mol. The molecule has 0 fully saturated rings. The Bertz CT molecular complexity index is 903. The van der Waals surface area contributed by atoms with E-state index >= 15 is 0 Å². The van der Waals surface area contributed by atoms with Gasteiger partial charge in [0.25, 0.3) is 0 Å². The molecule has 3 rings (SSSR count). The average molecular weight is 340 g/mol. The predicted molar refractivity (Wildman–Crippen MR) is 83.2 cm³/mol. The van der Waals surface area contributed by atoms with Gasteiger partial charge in [0, 0.05) is 21.0 Å². The standard InChI is InChI=1S/C17H10BrNO2/c1-10-14-8-13(18)5-6-15(14)21-17(10)16(20)12-4-2-3-11(7-12)9-19/h2-8H,1H3. The average Bonchev–Trinajstić information content (AvgIpc) is 2.83. The Morgan fingerprint density at radius 3 is 2.81 bits per heavy atom. The first kappa shape index (κ1) is 13.6. The molecule has 0 atom stereocenters. The molecule has 0 aliphatic carbocycles. The molecule has 21 heavy (non-hydrogen) atoms. The van der Waals surface area contributed by atoms with E-state index in [2.05, 4.69) is 15.9 Å². The van der Waals surface area contributed by atoms with Gasteiger partial charge in [0.15, 0.2) is 5.76 Å². The van der Waals surface area contributed by atoms with Crippen LogP contribution in [0.4, 0.5) is 0 Å². The van der Waals surface area contributed by atoms with E-state index in [9.17, 15) is 4.79 Å². The van der Waals surface area contributed by atoms with E-state index in [0.29, 0.717) is 22.5 Å². The van der Waals surface area contributed by atoms with Gasteiger partial charge in [-0.3, -0.25) is 4.79 Å². The third kappa shape index (κ3) is 2.37. The zero-order chi connectivity index (χ0) is 15.0. The molecule has 0 unspecified atom stereocenters. The Hall–Kier alpha value is -2.38. The molecule has 0 saturated carbocycles. The molecule has 2 aromatic carbocycles. The number of nitriles is 1. The van der Waals surface area contributed by atoms with Crippen molar-refractivity contribution in [1.82, 2.24) is 0 Å². The number of carbonyl (C=O) groups is 1. The Labute approximate surface area is 129 Å². The minimum atomic E-state index is -0.211. The Balaban J connectivity index is 2.13. The maximum atomic E-state index is 12.6. The van der Waals surface area contributed by atoms with E-state index in [1.165, 1.54) is 0 Å². The molecule has 0 saturated heterocycles. The van der Waals surface area contributed by atoms with E-state index in [0.717, 1.165) is 15.4 Å². The third-order valence-corrected chi connectivity index (χ3v) is 3.85. The maximum absolute atomic E-state index is 12.6. The molecule has 0 amide bonds. The van der Waals surface area contributed by atoms with Gasteiger partial charge < -0.3 is 4.42 Å². The summed E-state index contributed by atoms with van der Waals surface area (Å²) in [6.45, 7) is 1.86. The van der Waals surface area contributed by atoms with Crippen LogP contribution in [0.2, 0.25) is 0 Å². The fourth-order valence-corrected chi connectivity index (χ4v) is 2.63. The summed E-state index contributed by atoms with van der Waals surface area (Å²) in [4.78, 5) is 12.6. The zero-order valence-electron chi connectivity index (χ0n) is 11.2. The predicted octanol–water partition coefficient (Wildman–Crippen LogP) is 4.61. The van der Waals surface area contributed by atoms with Gasteiger partial charge in [0.05, 0.1) is 11.6 Å². The van der Waals surface area contributed by atoms with Gasteiger partial charge >= 0.3 is 0 Å². The van der Waals surface area contributed by atoms with Crippen LogP contribution in [-0.4, -0.2) is 5.78 Å². The molecule has 102 valence electrons. The highest BCUT2D eigenvalue weighted by Crippen LogP contribution is 2.29. The largest absolute Gasteiger partial charge is 0.452 e. The molecule has 3 nitrogen and oxygen atoms in total. The van der Waals surface area contributed by atoms with Crippen molar-refractivity contribution in [3.8, 4) is 6.07 Å². The Kier molecular flexibility index (Phi) is 3.36. The van der Waals surface area contributed by atoms with Crippen molar-refractivity contribution in [1.29, 1.82) is 5.26 Å². The summed E-state index contributed by atoms with van der Waals surface area (Å²) in [6, 6.07) is 14.3. The molecule has 0 N–H and O–H groups in total. The van der Waals surface area contributed by atoms with Crippen molar-refractivity contribution in [2.75, 3.05) is 0 Å². The number of nitrogens with zero attached hydrogens (tertiary/aromatic N) is 1. The van der Waals surface area contributed by atoms with E-state index in [-0.39, 0.29) is 5.78 Å². The van der Waals surface area contributed by atoms with Crippen molar-refractivity contribution in [3.63, 3.8) is 0 Å². The van der Waals surface area contributed by atoms with Crippen LogP contribution >= 0.6 is 15.9 Å². The number of ketones is 1. The summed E-state index contributed by atoms with van der Waals surface area (Å²) in [5, 5.41) is 9.83. The quantitative estimate of drug-likeness (QED) is 0.640. The lowest BCUT2D eigenvalue weighted by molar-refractivity contribution is 0.101. The van der Waals surface area contributed by atoms with Crippen LogP contribution < -0.4 is 0 Å². The van der Waals surface area contributed by atoms with Crippen LogP contribution in [0.15, 0.2) is 51.4 Å². The number of rotatable bonds is 2. The molecule has 0 aliphatic heterocycles. The normalized spacial score (nSPS) is 10.5. The molecule has 4 heteroatoms. The van der Waals surface area contributed by atoms with Crippen molar-refractivity contribution in [2.24, 2.45) is 0 Å². The second-order valence-corrected chi connectivity index (χ2v) is 5.63. The summed E-state index contributed by atoms with van der Waals surface area (Å²) in [5.74, 6) is 0.107. The van der Waals surface area contributed by atoms with Crippen LogP contribution in [0, 0.1) is 18.3 Å². The van der Waals surface area contributed by atoms with Gasteiger partial charge in [-0.1, -0.05) is 28.1 Å². The lowest BCUT2D eigenvalue weighted by atomic mass is 10.0. The summed E-state index contributed by atoms with van der Waals surface area (Å²) in [7, 11) is 0. The molecule has 1 aromatic heterocycles. The summed E-state index contributed by atoms with van der Waals surface area (Å²) < 4.78 is 6.62. The Morgan fingerprint density at radius 2 is 2.05 bits per heavy atom. The zero-order valence-corrected chi connectivity index (χ0v) is 12.8. The second kappa shape index (κ2) is 5.19. The number of halogens is 1. The summed E-state index contributed by atoms with van der Waals surface area (Å²) >= 11 is 3.41. The molecule has 0 bridgehead atoms. The summed E-state index contributed by atoms with van der Waals surface area (Å²) in [6.07, 6.45) is 0. The number of fused-ring (bicyclic) bond motifs is 1. The number of hydrogen-bond acceptors (Lipinski definition) is 3. The molecule has 0 radical (unpaired) electrons. The highest BCUT2D eigenvalue weighted by atomic mass is 79.9. The molecule has 1 heterocycles. The highest BCUT2D eigenvalue weighted by molar-refractivity contribution is 9.10. The topological polar surface area (TPSA) is 54.0 Å². The lowest BCUT2D eigenvalue weighted by Crippen LogP contribution is -2.01. The van der Waals surface area contributed by atoms with Gasteiger partial charge in [0.2, 0.25) is 5.78 Å². The van der Waals surface area contributed by atoms with Gasteiger partial charge in [-0.05, 0) is 37.3 Å². The van der Waals surface area contributed by atoms with Crippen LogP contribution in [0.3, 0.4) is 0 Å². The monoisotopic (exact) mass is 339 g/mol. The van der Waals surface area contributed by atoms with Gasteiger partial charge in [-0.25, -0.2) is 0 Å². The SMILES string of the molecule is Cc1c(C(=O)c2cccc(C#N)c2)oc2ccc(Br)cc12. The van der Waals surface area contributed by atoms with Gasteiger partial charge in [-0.15, -0.1) is 0 Å². The van der Waals surface area contributed by atoms with Crippen molar-refractivity contribution in [2.45, 2.75) is 6.92 Å². The molecule has 0 aliphatic rings. The van der Waals surface area contributed by atoms with Crippen LogP contribution in [-0.2, 0) is 0 Å². The van der Waals surface area contributed by atoms with Crippen LogP contribution in [0.5, 0.6) is 0 Å². The van der Waals surface area contributed by atoms with Crippen molar-refractivity contribution < 1.29 is 9.21 Å². The highest BCUT2D eigenvalue weighted by Gasteiger charge is 2.19. The number of furan rings is 1. The van der Waals surface area contributed by atoms with Crippen LogP contribution in [0.25, 0.3) is 11.0 Å². The maximum Gasteiger partial charge on any atom is 0.228 e. The Morgan fingerprint density at radius 1 is 1.24 bits per heavy atom. The first-order valence-corrected chi connectivity index (χ1v) is 7.13. The number of benzene rings is 2. The lowest BCUT2D eigenvalue weighted by Gasteiger charge is -1.99. The number of aryl methyl sites for hydroxylation is 1. The van der Waals surface area contributed by atoms with E-state index in [4.69, 9.17) is 9.68 Å². The first-order chi connectivity index (χ1) is 10.1. The van der Waals surface area contributed by atoms with Crippen molar-refractivity contribution in [3.05, 3.63) is 69.4 Å². The van der Waals surface area contributed by atoms with E-state index in [1.807, 2.05) is 31.2 Å².